The molecule has 3 heteroatoms. The summed E-state index contributed by atoms with van der Waals surface area (Å²) >= 11 is 5.64. The normalized spacial score (nSPS) is 11.8. The smallest absolute Gasteiger partial charge is 0.119 e. The van der Waals surface area contributed by atoms with Gasteiger partial charge in [0.1, 0.15) is 5.75 Å². The van der Waals surface area contributed by atoms with E-state index in [2.05, 4.69) is 6.07 Å². The number of benzene rings is 1. The molecule has 1 aromatic carbocycles. The van der Waals surface area contributed by atoms with Gasteiger partial charge in [0.15, 0.2) is 0 Å². The van der Waals surface area contributed by atoms with Gasteiger partial charge in [0, 0.05) is 5.88 Å². The fourth-order valence-electron chi connectivity index (χ4n) is 1.22. The standard InChI is InChI=1S/C11H12ClNO/c1-14-11-4-2-3-9(6-11)5-10(7-12)8-13/h2-4,6,10H,5,7H2,1H3. The molecule has 0 spiro atoms. The molecule has 0 saturated carbocycles. The zero-order valence-electron chi connectivity index (χ0n) is 8.03. The second kappa shape index (κ2) is 5.51. The Balaban J connectivity index is 2.71. The average Bonchev–Trinajstić information content (AvgIpc) is 2.26. The van der Waals surface area contributed by atoms with Crippen LogP contribution in [0.5, 0.6) is 5.75 Å². The van der Waals surface area contributed by atoms with Crippen molar-refractivity contribution in [3.63, 3.8) is 0 Å². The largest absolute Gasteiger partial charge is 0.497 e. The number of methoxy groups -OCH3 is 1. The Bertz CT molecular complexity index is 332. The van der Waals surface area contributed by atoms with Crippen molar-refractivity contribution in [2.24, 2.45) is 5.92 Å². The van der Waals surface area contributed by atoms with E-state index in [4.69, 9.17) is 21.6 Å². The Labute approximate surface area is 89.1 Å². The fourth-order valence-corrected chi connectivity index (χ4v) is 1.40. The number of hydrogen-bond acceptors (Lipinski definition) is 2. The summed E-state index contributed by atoms with van der Waals surface area (Å²) in [7, 11) is 1.63. The van der Waals surface area contributed by atoms with Crippen LogP contribution in [-0.2, 0) is 6.42 Å². The molecule has 1 rings (SSSR count). The first-order valence-corrected chi connectivity index (χ1v) is 4.92. The molecule has 0 aliphatic carbocycles. The van der Waals surface area contributed by atoms with Gasteiger partial charge in [0.2, 0.25) is 0 Å². The third-order valence-electron chi connectivity index (χ3n) is 1.99. The maximum absolute atomic E-state index is 8.75. The first kappa shape index (κ1) is 10.9. The van der Waals surface area contributed by atoms with E-state index >= 15 is 0 Å². The molecule has 0 aliphatic heterocycles. The SMILES string of the molecule is COc1cccc(CC(C#N)CCl)c1. The van der Waals surface area contributed by atoms with Gasteiger partial charge in [-0.15, -0.1) is 11.6 Å². The van der Waals surface area contributed by atoms with Crippen LogP contribution < -0.4 is 4.74 Å². The van der Waals surface area contributed by atoms with Crippen LogP contribution in [0.3, 0.4) is 0 Å². The van der Waals surface area contributed by atoms with Gasteiger partial charge >= 0.3 is 0 Å². The van der Waals surface area contributed by atoms with E-state index in [1.165, 1.54) is 0 Å². The predicted octanol–water partition coefficient (Wildman–Crippen LogP) is 2.62. The highest BCUT2D eigenvalue weighted by Crippen LogP contribution is 2.16. The Hall–Kier alpha value is -1.20. The minimum Gasteiger partial charge on any atom is -0.497 e. The molecule has 1 unspecified atom stereocenters. The Morgan fingerprint density at radius 1 is 1.57 bits per heavy atom. The molecule has 2 nitrogen and oxygen atoms in total. The number of hydrogen-bond donors (Lipinski definition) is 0. The molecule has 0 fully saturated rings. The van der Waals surface area contributed by atoms with Crippen molar-refractivity contribution in [1.29, 1.82) is 5.26 Å². The van der Waals surface area contributed by atoms with Crippen LogP contribution in [0.2, 0.25) is 0 Å². The fraction of sp³-hybridized carbons (Fsp3) is 0.364. The van der Waals surface area contributed by atoms with Gasteiger partial charge < -0.3 is 4.74 Å². The molecular weight excluding hydrogens is 198 g/mol. The van der Waals surface area contributed by atoms with Crippen LogP contribution in [0, 0.1) is 17.2 Å². The number of halogens is 1. The lowest BCUT2D eigenvalue weighted by molar-refractivity contribution is 0.414. The highest BCUT2D eigenvalue weighted by atomic mass is 35.5. The summed E-state index contributed by atoms with van der Waals surface area (Å²) in [6, 6.07) is 9.86. The maximum atomic E-state index is 8.75. The molecular formula is C11H12ClNO. The second-order valence-corrected chi connectivity index (χ2v) is 3.34. The highest BCUT2D eigenvalue weighted by molar-refractivity contribution is 6.18. The van der Waals surface area contributed by atoms with Gasteiger partial charge in [-0.1, -0.05) is 12.1 Å². The van der Waals surface area contributed by atoms with Crippen molar-refractivity contribution in [1.82, 2.24) is 0 Å². The van der Waals surface area contributed by atoms with Crippen LogP contribution in [0.25, 0.3) is 0 Å². The Kier molecular flexibility index (Phi) is 4.28. The molecule has 14 heavy (non-hydrogen) atoms. The first-order chi connectivity index (χ1) is 6.80. The molecule has 74 valence electrons. The topological polar surface area (TPSA) is 33.0 Å². The third kappa shape index (κ3) is 2.93. The zero-order valence-corrected chi connectivity index (χ0v) is 8.79. The van der Waals surface area contributed by atoms with Crippen molar-refractivity contribution < 1.29 is 4.74 Å². The second-order valence-electron chi connectivity index (χ2n) is 3.04. The zero-order chi connectivity index (χ0) is 10.4. The average molecular weight is 210 g/mol. The summed E-state index contributed by atoms with van der Waals surface area (Å²) in [6.45, 7) is 0. The van der Waals surface area contributed by atoms with Crippen molar-refractivity contribution in [2.75, 3.05) is 13.0 Å². The first-order valence-electron chi connectivity index (χ1n) is 4.38. The number of nitriles is 1. The lowest BCUT2D eigenvalue weighted by Crippen LogP contribution is -2.03. The summed E-state index contributed by atoms with van der Waals surface area (Å²) in [5, 5.41) is 8.75. The molecule has 0 heterocycles. The summed E-state index contributed by atoms with van der Waals surface area (Å²) in [6.07, 6.45) is 0.678. The molecule has 0 amide bonds. The Morgan fingerprint density at radius 3 is 2.93 bits per heavy atom. The number of nitrogens with zero attached hydrogens (tertiary/aromatic N) is 1. The number of ether oxygens (including phenoxy) is 1. The predicted molar refractivity (Wildman–Crippen MR) is 56.5 cm³/mol. The van der Waals surface area contributed by atoms with Crippen molar-refractivity contribution in [2.45, 2.75) is 6.42 Å². The van der Waals surface area contributed by atoms with Crippen LogP contribution in [0.15, 0.2) is 24.3 Å². The van der Waals surface area contributed by atoms with Gasteiger partial charge in [-0.05, 0) is 24.1 Å². The Morgan fingerprint density at radius 2 is 2.36 bits per heavy atom. The third-order valence-corrected chi connectivity index (χ3v) is 2.36. The molecule has 0 aliphatic rings. The van der Waals surface area contributed by atoms with Crippen LogP contribution >= 0.6 is 11.6 Å². The lowest BCUT2D eigenvalue weighted by atomic mass is 10.0. The summed E-state index contributed by atoms with van der Waals surface area (Å²) < 4.78 is 5.09. The van der Waals surface area contributed by atoms with E-state index in [0.29, 0.717) is 12.3 Å². The molecule has 0 N–H and O–H groups in total. The number of rotatable bonds is 4. The van der Waals surface area contributed by atoms with Crippen molar-refractivity contribution in [3.05, 3.63) is 29.8 Å². The minimum atomic E-state index is -0.122. The monoisotopic (exact) mass is 209 g/mol. The molecule has 0 aromatic heterocycles. The van der Waals surface area contributed by atoms with E-state index in [0.717, 1.165) is 11.3 Å². The molecule has 0 saturated heterocycles. The van der Waals surface area contributed by atoms with Crippen LogP contribution in [0.4, 0.5) is 0 Å². The van der Waals surface area contributed by atoms with Gasteiger partial charge in [-0.25, -0.2) is 0 Å². The lowest BCUT2D eigenvalue weighted by Gasteiger charge is -2.06. The van der Waals surface area contributed by atoms with Gasteiger partial charge in [0.25, 0.3) is 0 Å². The van der Waals surface area contributed by atoms with Gasteiger partial charge in [-0.2, -0.15) is 5.26 Å². The molecule has 0 bridgehead atoms. The van der Waals surface area contributed by atoms with E-state index in [-0.39, 0.29) is 5.92 Å². The summed E-state index contributed by atoms with van der Waals surface area (Å²) in [4.78, 5) is 0. The van der Waals surface area contributed by atoms with Gasteiger partial charge in [-0.3, -0.25) is 0 Å². The number of alkyl halides is 1. The summed E-state index contributed by atoms with van der Waals surface area (Å²) in [5.74, 6) is 1.06. The van der Waals surface area contributed by atoms with Crippen LogP contribution in [-0.4, -0.2) is 13.0 Å². The van der Waals surface area contributed by atoms with Gasteiger partial charge in [0.05, 0.1) is 19.1 Å². The molecule has 1 aromatic rings. The van der Waals surface area contributed by atoms with E-state index in [9.17, 15) is 0 Å². The minimum absolute atomic E-state index is 0.122. The molecule has 0 radical (unpaired) electrons. The van der Waals surface area contributed by atoms with E-state index in [1.54, 1.807) is 7.11 Å². The quantitative estimate of drug-likeness (QED) is 0.715. The van der Waals surface area contributed by atoms with Crippen molar-refractivity contribution in [3.8, 4) is 11.8 Å². The summed E-state index contributed by atoms with van der Waals surface area (Å²) in [5.41, 5.74) is 1.08. The van der Waals surface area contributed by atoms with Crippen LogP contribution in [0.1, 0.15) is 5.56 Å². The van der Waals surface area contributed by atoms with E-state index < -0.39 is 0 Å². The molecule has 1 atom stereocenters. The van der Waals surface area contributed by atoms with E-state index in [1.807, 2.05) is 24.3 Å². The highest BCUT2D eigenvalue weighted by Gasteiger charge is 2.07. The van der Waals surface area contributed by atoms with Crippen molar-refractivity contribution >= 4 is 11.6 Å². The maximum Gasteiger partial charge on any atom is 0.119 e.